The molecule has 0 saturated carbocycles. The third-order valence-corrected chi connectivity index (χ3v) is 14.8. The maximum atomic E-state index is 12.9. The van der Waals surface area contributed by atoms with E-state index in [0.717, 1.165) is 89.9 Å². The summed E-state index contributed by atoms with van der Waals surface area (Å²) in [5.74, 6) is -1.63. The third kappa shape index (κ3) is 58.6. The zero-order valence-corrected chi connectivity index (χ0v) is 52.2. The number of rotatable bonds is 59. The number of aliphatic hydroxyl groups is 2. The number of hydrogen-bond donors (Lipinski definition) is 4. The van der Waals surface area contributed by atoms with Gasteiger partial charge in [-0.15, -0.1) is 0 Å². The molecule has 0 bridgehead atoms. The van der Waals surface area contributed by atoms with Gasteiger partial charge < -0.3 is 34.2 Å². The van der Waals surface area contributed by atoms with E-state index in [4.69, 9.17) is 32.3 Å². The van der Waals surface area contributed by atoms with E-state index in [9.17, 15) is 43.5 Å². The highest BCUT2D eigenvalue weighted by Crippen LogP contribution is 2.45. The topological polar surface area (TPSA) is 231 Å². The number of unbranched alkanes of at least 4 members (excludes halogenated alkanes) is 24. The predicted molar refractivity (Wildman–Crippen MR) is 325 cm³/mol. The van der Waals surface area contributed by atoms with Gasteiger partial charge in [0.05, 0.1) is 26.4 Å². The lowest BCUT2D eigenvalue weighted by Crippen LogP contribution is -2.30. The Morgan fingerprint density at radius 3 is 1.11 bits per heavy atom. The standard InChI is InChI=1S/C63H112O16P2/c1-4-7-10-13-16-19-22-25-27-28-30-33-34-37-40-43-46-49-61(66)73-52-58(64)53-75-80(69,70)76-54-59(65)55-77-81(71,72)78-57-60(79-63(68)51-48-45-42-39-36-31-24-21-18-15-12-9-6-3)56-74-62(67)50-47-44-41-38-35-32-29-26-23-20-17-14-11-8-5-2/h7,10,16,19,21,24-25,27,30,33,37,40,58-60,64-65H,4-6,8-9,11-15,17-18,20,22-23,26,28-29,31-32,34-36,38-39,41-57H2,1-3H3,(H,69,70)(H,71,72)/b10-7-,19-16-,24-21-,27-25-,33-30-,40-37-. The minimum atomic E-state index is -4.92. The van der Waals surface area contributed by atoms with Crippen LogP contribution in [0.3, 0.4) is 0 Å². The largest absolute Gasteiger partial charge is 0.472 e. The molecule has 0 spiro atoms. The van der Waals surface area contributed by atoms with E-state index < -0.39 is 91.5 Å². The number of esters is 3. The van der Waals surface area contributed by atoms with Crippen molar-refractivity contribution in [2.75, 3.05) is 39.6 Å². The molecule has 0 aromatic heterocycles. The number of allylic oxidation sites excluding steroid dienone is 12. The Morgan fingerprint density at radius 2 is 0.667 bits per heavy atom. The number of carbonyl (C=O) groups excluding carboxylic acids is 3. The molecule has 0 aromatic carbocycles. The van der Waals surface area contributed by atoms with Crippen LogP contribution in [0.15, 0.2) is 72.9 Å². The minimum absolute atomic E-state index is 0.0963. The van der Waals surface area contributed by atoms with Crippen LogP contribution in [-0.2, 0) is 55.8 Å². The van der Waals surface area contributed by atoms with Gasteiger partial charge in [-0.3, -0.25) is 32.5 Å². The first kappa shape index (κ1) is 78.0. The van der Waals surface area contributed by atoms with Crippen LogP contribution in [0.25, 0.3) is 0 Å². The lowest BCUT2D eigenvalue weighted by Gasteiger charge is -2.21. The molecule has 0 radical (unpaired) electrons. The molecule has 5 atom stereocenters. The second kappa shape index (κ2) is 57.4. The summed E-state index contributed by atoms with van der Waals surface area (Å²) >= 11 is 0. The van der Waals surface area contributed by atoms with Crippen molar-refractivity contribution < 1.29 is 75.8 Å². The highest BCUT2D eigenvalue weighted by atomic mass is 31.2. The maximum absolute atomic E-state index is 12.9. The SMILES string of the molecule is CC/C=C\C/C=C\C/C=C\C/C=C\C/C=C\CCCC(=O)OCC(O)COP(=O)(O)OCC(O)COP(=O)(O)OCC(COC(=O)CCCCCCCCCCCCCCCCC)OC(=O)CCCCCCC/C=C\CCCCCC. The monoisotopic (exact) mass is 1190 g/mol. The van der Waals surface area contributed by atoms with E-state index in [1.165, 1.54) is 96.3 Å². The third-order valence-electron chi connectivity index (χ3n) is 12.9. The van der Waals surface area contributed by atoms with Crippen LogP contribution in [0.1, 0.15) is 252 Å². The summed E-state index contributed by atoms with van der Waals surface area (Å²) in [4.78, 5) is 58.1. The average Bonchev–Trinajstić information content (AvgIpc) is 3.44. The fourth-order valence-electron chi connectivity index (χ4n) is 8.13. The fraction of sp³-hybridized carbons (Fsp3) is 0.762. The van der Waals surface area contributed by atoms with E-state index in [1.54, 1.807) is 0 Å². The molecule has 0 saturated heterocycles. The maximum Gasteiger partial charge on any atom is 0.472 e. The van der Waals surface area contributed by atoms with E-state index in [0.29, 0.717) is 25.7 Å². The van der Waals surface area contributed by atoms with Crippen LogP contribution in [0.2, 0.25) is 0 Å². The summed E-state index contributed by atoms with van der Waals surface area (Å²) < 4.78 is 60.6. The molecule has 0 fully saturated rings. The summed E-state index contributed by atoms with van der Waals surface area (Å²) in [6.07, 6.45) is 56.9. The lowest BCUT2D eigenvalue weighted by atomic mass is 10.0. The number of ether oxygens (including phenoxy) is 3. The van der Waals surface area contributed by atoms with Crippen LogP contribution < -0.4 is 0 Å². The van der Waals surface area contributed by atoms with Crippen molar-refractivity contribution in [3.63, 3.8) is 0 Å². The zero-order chi connectivity index (χ0) is 59.6. The van der Waals surface area contributed by atoms with Crippen LogP contribution in [0, 0.1) is 0 Å². The molecule has 5 unspecified atom stereocenters. The zero-order valence-electron chi connectivity index (χ0n) is 50.4. The average molecular weight is 1190 g/mol. The molecule has 0 aliphatic heterocycles. The van der Waals surface area contributed by atoms with Gasteiger partial charge in [0, 0.05) is 19.3 Å². The summed E-state index contributed by atoms with van der Waals surface area (Å²) in [6, 6.07) is 0. The smallest absolute Gasteiger partial charge is 0.463 e. The van der Waals surface area contributed by atoms with Crippen LogP contribution in [0.4, 0.5) is 0 Å². The summed E-state index contributed by atoms with van der Waals surface area (Å²) in [5, 5.41) is 20.5. The Labute approximate surface area is 490 Å². The molecule has 0 heterocycles. The number of phosphoric ester groups is 2. The normalized spacial score (nSPS) is 14.9. The van der Waals surface area contributed by atoms with E-state index in [1.807, 2.05) is 12.2 Å². The Bertz CT molecular complexity index is 1780. The van der Waals surface area contributed by atoms with E-state index >= 15 is 0 Å². The second-order valence-electron chi connectivity index (χ2n) is 20.8. The molecular formula is C63H112O16P2. The van der Waals surface area contributed by atoms with Crippen molar-refractivity contribution in [1.29, 1.82) is 0 Å². The number of hydrogen-bond acceptors (Lipinski definition) is 14. The lowest BCUT2D eigenvalue weighted by molar-refractivity contribution is -0.161. The Kier molecular flexibility index (Phi) is 55.3. The quantitative estimate of drug-likeness (QED) is 0.0146. The van der Waals surface area contributed by atoms with Gasteiger partial charge in [0.2, 0.25) is 0 Å². The molecule has 18 heteroatoms. The van der Waals surface area contributed by atoms with Crippen LogP contribution in [0.5, 0.6) is 0 Å². The van der Waals surface area contributed by atoms with Gasteiger partial charge in [0.15, 0.2) is 6.10 Å². The van der Waals surface area contributed by atoms with E-state index in [2.05, 4.69) is 81.5 Å². The minimum Gasteiger partial charge on any atom is -0.463 e. The van der Waals surface area contributed by atoms with Crippen molar-refractivity contribution in [1.82, 2.24) is 0 Å². The van der Waals surface area contributed by atoms with Gasteiger partial charge in [0.25, 0.3) is 0 Å². The fourth-order valence-corrected chi connectivity index (χ4v) is 9.71. The highest BCUT2D eigenvalue weighted by molar-refractivity contribution is 7.47. The first-order valence-electron chi connectivity index (χ1n) is 31.2. The van der Waals surface area contributed by atoms with Gasteiger partial charge in [-0.2, -0.15) is 0 Å². The van der Waals surface area contributed by atoms with Crippen LogP contribution >= 0.6 is 15.6 Å². The van der Waals surface area contributed by atoms with Gasteiger partial charge in [0.1, 0.15) is 25.4 Å². The molecule has 0 rings (SSSR count). The van der Waals surface area contributed by atoms with Gasteiger partial charge in [-0.1, -0.05) is 222 Å². The molecule has 470 valence electrons. The van der Waals surface area contributed by atoms with Crippen molar-refractivity contribution in [2.45, 2.75) is 270 Å². The Hall–Kier alpha value is -3.01. The molecule has 81 heavy (non-hydrogen) atoms. The molecule has 16 nitrogen and oxygen atoms in total. The Balaban J connectivity index is 4.71. The molecular weight excluding hydrogens is 1070 g/mol. The second-order valence-corrected chi connectivity index (χ2v) is 23.7. The van der Waals surface area contributed by atoms with E-state index in [-0.39, 0.29) is 19.3 Å². The van der Waals surface area contributed by atoms with Crippen molar-refractivity contribution >= 4 is 33.6 Å². The van der Waals surface area contributed by atoms with Crippen LogP contribution in [-0.4, -0.2) is 95.9 Å². The molecule has 0 aromatic rings. The van der Waals surface area contributed by atoms with Crippen molar-refractivity contribution in [3.8, 4) is 0 Å². The van der Waals surface area contributed by atoms with Gasteiger partial charge in [-0.05, 0) is 83.5 Å². The first-order chi connectivity index (χ1) is 39.2. The first-order valence-corrected chi connectivity index (χ1v) is 34.2. The molecule has 0 aliphatic carbocycles. The van der Waals surface area contributed by atoms with Crippen molar-refractivity contribution in [2.24, 2.45) is 0 Å². The van der Waals surface area contributed by atoms with Gasteiger partial charge >= 0.3 is 33.6 Å². The summed E-state index contributed by atoms with van der Waals surface area (Å²) in [7, 11) is -9.77. The Morgan fingerprint density at radius 1 is 0.358 bits per heavy atom. The molecule has 0 aliphatic rings. The number of carbonyl (C=O) groups is 3. The number of aliphatic hydroxyl groups excluding tert-OH is 2. The molecule has 4 N–H and O–H groups in total. The molecule has 0 amide bonds. The summed E-state index contributed by atoms with van der Waals surface area (Å²) in [5.41, 5.74) is 0. The summed E-state index contributed by atoms with van der Waals surface area (Å²) in [6.45, 7) is 2.46. The van der Waals surface area contributed by atoms with Crippen molar-refractivity contribution in [3.05, 3.63) is 72.9 Å². The number of phosphoric acid groups is 2. The predicted octanol–water partition coefficient (Wildman–Crippen LogP) is 16.4. The highest BCUT2D eigenvalue weighted by Gasteiger charge is 2.29. The van der Waals surface area contributed by atoms with Gasteiger partial charge in [-0.25, -0.2) is 9.13 Å².